The van der Waals surface area contributed by atoms with Gasteiger partial charge in [0.15, 0.2) is 0 Å². The number of benzene rings is 2. The number of carbonyl (C=O) groups is 1. The smallest absolute Gasteiger partial charge is 0.259 e. The molecule has 2 heterocycles. The SMILES string of the molecule is COc1ccc(S(=O)(=O)N2CCCCCC2)cc1C(=O)Nc1ccc2nc(C)sc2c1. The monoisotopic (exact) mass is 459 g/mol. The van der Waals surface area contributed by atoms with Crippen molar-refractivity contribution in [3.8, 4) is 5.75 Å². The lowest BCUT2D eigenvalue weighted by Gasteiger charge is -2.20. The molecule has 0 aliphatic carbocycles. The van der Waals surface area contributed by atoms with Gasteiger partial charge in [-0.15, -0.1) is 11.3 Å². The van der Waals surface area contributed by atoms with Crippen molar-refractivity contribution >= 4 is 43.2 Å². The second-order valence-electron chi connectivity index (χ2n) is 7.55. The van der Waals surface area contributed by atoms with Crippen LogP contribution in [0.3, 0.4) is 0 Å². The van der Waals surface area contributed by atoms with Crippen molar-refractivity contribution in [3.63, 3.8) is 0 Å². The molecule has 0 saturated carbocycles. The highest BCUT2D eigenvalue weighted by Crippen LogP contribution is 2.28. The number of fused-ring (bicyclic) bond motifs is 1. The zero-order valence-electron chi connectivity index (χ0n) is 17.6. The van der Waals surface area contributed by atoms with Gasteiger partial charge in [-0.2, -0.15) is 4.31 Å². The number of sulfonamides is 1. The van der Waals surface area contributed by atoms with E-state index in [0.29, 0.717) is 24.5 Å². The fraction of sp³-hybridized carbons (Fsp3) is 0.364. The number of hydrogen-bond acceptors (Lipinski definition) is 6. The summed E-state index contributed by atoms with van der Waals surface area (Å²) in [5.74, 6) is -0.104. The lowest BCUT2D eigenvalue weighted by molar-refractivity contribution is 0.102. The van der Waals surface area contributed by atoms with Crippen molar-refractivity contribution in [2.45, 2.75) is 37.5 Å². The van der Waals surface area contributed by atoms with E-state index >= 15 is 0 Å². The van der Waals surface area contributed by atoms with Crippen LogP contribution >= 0.6 is 11.3 Å². The lowest BCUT2D eigenvalue weighted by atomic mass is 10.2. The molecule has 1 aromatic heterocycles. The van der Waals surface area contributed by atoms with Gasteiger partial charge in [-0.25, -0.2) is 13.4 Å². The Labute approximate surface area is 186 Å². The van der Waals surface area contributed by atoms with Crippen molar-refractivity contribution < 1.29 is 17.9 Å². The Bertz CT molecular complexity index is 1210. The van der Waals surface area contributed by atoms with Gasteiger partial charge >= 0.3 is 0 Å². The molecular formula is C22H25N3O4S2. The Kier molecular flexibility index (Phi) is 6.27. The van der Waals surface area contributed by atoms with E-state index in [0.717, 1.165) is 40.9 Å². The van der Waals surface area contributed by atoms with Crippen LogP contribution in [0.4, 0.5) is 5.69 Å². The van der Waals surface area contributed by atoms with Crippen molar-refractivity contribution in [2.75, 3.05) is 25.5 Å². The number of anilines is 1. The Hall–Kier alpha value is -2.49. The molecule has 9 heteroatoms. The van der Waals surface area contributed by atoms with Crippen LogP contribution in [0.5, 0.6) is 5.75 Å². The molecule has 0 spiro atoms. The van der Waals surface area contributed by atoms with E-state index in [2.05, 4.69) is 10.3 Å². The van der Waals surface area contributed by atoms with Gasteiger partial charge in [-0.1, -0.05) is 12.8 Å². The first-order chi connectivity index (χ1) is 14.9. The average Bonchev–Trinajstić information content (AvgIpc) is 2.93. The van der Waals surface area contributed by atoms with Crippen LogP contribution in [0.25, 0.3) is 10.2 Å². The molecule has 1 amide bonds. The first-order valence-corrected chi connectivity index (χ1v) is 12.5. The second kappa shape index (κ2) is 8.94. The number of rotatable bonds is 5. The summed E-state index contributed by atoms with van der Waals surface area (Å²) in [5, 5.41) is 3.80. The minimum Gasteiger partial charge on any atom is -0.496 e. The maximum Gasteiger partial charge on any atom is 0.259 e. The zero-order chi connectivity index (χ0) is 22.0. The maximum atomic E-state index is 13.2. The van der Waals surface area contributed by atoms with Crippen LogP contribution in [-0.4, -0.2) is 43.8 Å². The summed E-state index contributed by atoms with van der Waals surface area (Å²) in [6, 6.07) is 9.94. The highest BCUT2D eigenvalue weighted by molar-refractivity contribution is 7.89. The number of aromatic nitrogens is 1. The maximum absolute atomic E-state index is 13.2. The molecule has 164 valence electrons. The summed E-state index contributed by atoms with van der Waals surface area (Å²) in [7, 11) is -2.21. The molecule has 0 radical (unpaired) electrons. The summed E-state index contributed by atoms with van der Waals surface area (Å²) in [4.78, 5) is 17.6. The van der Waals surface area contributed by atoms with E-state index in [1.807, 2.05) is 19.1 Å². The van der Waals surface area contributed by atoms with E-state index in [1.165, 1.54) is 29.6 Å². The summed E-state index contributed by atoms with van der Waals surface area (Å²) in [5.41, 5.74) is 1.67. The normalized spacial score (nSPS) is 15.5. The molecule has 0 bridgehead atoms. The molecule has 0 atom stereocenters. The molecule has 1 saturated heterocycles. The van der Waals surface area contributed by atoms with Crippen LogP contribution in [0.1, 0.15) is 41.0 Å². The Balaban J connectivity index is 1.63. The quantitative estimate of drug-likeness (QED) is 0.610. The molecule has 2 aromatic carbocycles. The van der Waals surface area contributed by atoms with Crippen LogP contribution in [0.2, 0.25) is 0 Å². The molecule has 1 aliphatic rings. The number of nitrogens with one attached hydrogen (secondary N) is 1. The molecular weight excluding hydrogens is 434 g/mol. The van der Waals surface area contributed by atoms with E-state index in [9.17, 15) is 13.2 Å². The van der Waals surface area contributed by atoms with Gasteiger partial charge in [0.2, 0.25) is 10.0 Å². The zero-order valence-corrected chi connectivity index (χ0v) is 19.2. The molecule has 1 N–H and O–H groups in total. The molecule has 1 fully saturated rings. The minimum atomic E-state index is -3.67. The third-order valence-corrected chi connectivity index (χ3v) is 8.20. The number of hydrogen-bond donors (Lipinski definition) is 1. The predicted octanol–water partition coefficient (Wildman–Crippen LogP) is 4.43. The predicted molar refractivity (Wildman–Crippen MR) is 123 cm³/mol. The van der Waals surface area contributed by atoms with E-state index in [1.54, 1.807) is 17.4 Å². The third kappa shape index (κ3) is 4.58. The average molecular weight is 460 g/mol. The highest BCUT2D eigenvalue weighted by atomic mass is 32.2. The molecule has 0 unspecified atom stereocenters. The first-order valence-electron chi connectivity index (χ1n) is 10.3. The van der Waals surface area contributed by atoms with Gasteiger partial charge in [0.1, 0.15) is 5.75 Å². The van der Waals surface area contributed by atoms with Crippen LogP contribution < -0.4 is 10.1 Å². The number of methoxy groups -OCH3 is 1. The number of carbonyl (C=O) groups excluding carboxylic acids is 1. The fourth-order valence-electron chi connectivity index (χ4n) is 3.77. The van der Waals surface area contributed by atoms with Crippen molar-refractivity contribution in [1.82, 2.24) is 9.29 Å². The van der Waals surface area contributed by atoms with Crippen molar-refractivity contribution in [1.29, 1.82) is 0 Å². The summed E-state index contributed by atoms with van der Waals surface area (Å²) in [6.07, 6.45) is 3.77. The van der Waals surface area contributed by atoms with Crippen LogP contribution in [0.15, 0.2) is 41.3 Å². The number of nitrogens with zero attached hydrogens (tertiary/aromatic N) is 2. The largest absolute Gasteiger partial charge is 0.496 e. The fourth-order valence-corrected chi connectivity index (χ4v) is 6.18. The number of aryl methyl sites for hydroxylation is 1. The van der Waals surface area contributed by atoms with E-state index < -0.39 is 15.9 Å². The Morgan fingerprint density at radius 2 is 1.84 bits per heavy atom. The molecule has 7 nitrogen and oxygen atoms in total. The second-order valence-corrected chi connectivity index (χ2v) is 10.7. The van der Waals surface area contributed by atoms with Crippen molar-refractivity contribution in [3.05, 3.63) is 47.0 Å². The van der Waals surface area contributed by atoms with Gasteiger partial charge in [0.25, 0.3) is 5.91 Å². The standard InChI is InChI=1S/C22H25N3O4S2/c1-15-23-19-9-7-16(13-21(19)30-15)24-22(26)18-14-17(8-10-20(18)29-2)31(27,28)25-11-5-3-4-6-12-25/h7-10,13-14H,3-6,11-12H2,1-2H3,(H,24,26). The van der Waals surface area contributed by atoms with Gasteiger partial charge in [0, 0.05) is 18.8 Å². The minimum absolute atomic E-state index is 0.105. The Morgan fingerprint density at radius 1 is 1.10 bits per heavy atom. The summed E-state index contributed by atoms with van der Waals surface area (Å²) >= 11 is 1.55. The van der Waals surface area contributed by atoms with E-state index in [-0.39, 0.29) is 10.5 Å². The van der Waals surface area contributed by atoms with Gasteiger partial charge < -0.3 is 10.1 Å². The lowest BCUT2D eigenvalue weighted by Crippen LogP contribution is -2.32. The van der Waals surface area contributed by atoms with Gasteiger partial charge in [0.05, 0.1) is 32.8 Å². The van der Waals surface area contributed by atoms with Crippen LogP contribution in [0, 0.1) is 6.92 Å². The molecule has 3 aromatic rings. The Morgan fingerprint density at radius 3 is 2.55 bits per heavy atom. The highest BCUT2D eigenvalue weighted by Gasteiger charge is 2.27. The van der Waals surface area contributed by atoms with Gasteiger partial charge in [-0.05, 0) is 56.2 Å². The summed E-state index contributed by atoms with van der Waals surface area (Å²) < 4.78 is 34.2. The first kappa shape index (κ1) is 21.7. The van der Waals surface area contributed by atoms with E-state index in [4.69, 9.17) is 4.74 Å². The topological polar surface area (TPSA) is 88.6 Å². The summed E-state index contributed by atoms with van der Waals surface area (Å²) in [6.45, 7) is 2.94. The number of ether oxygens (including phenoxy) is 1. The molecule has 4 rings (SSSR count). The van der Waals surface area contributed by atoms with Crippen LogP contribution in [-0.2, 0) is 10.0 Å². The third-order valence-electron chi connectivity index (χ3n) is 5.37. The number of amides is 1. The number of thiazole rings is 1. The van der Waals surface area contributed by atoms with Crippen molar-refractivity contribution in [2.24, 2.45) is 0 Å². The van der Waals surface area contributed by atoms with Gasteiger partial charge in [-0.3, -0.25) is 4.79 Å². The molecule has 31 heavy (non-hydrogen) atoms. The molecule has 1 aliphatic heterocycles.